The number of hydrogen-bond acceptors (Lipinski definition) is 4. The fraction of sp³-hybridized carbons (Fsp3) is 0.933. The lowest BCUT2D eigenvalue weighted by Crippen LogP contribution is -2.46. The lowest BCUT2D eigenvalue weighted by atomic mass is 10.1. The van der Waals surface area contributed by atoms with Gasteiger partial charge in [-0.25, -0.2) is 0 Å². The van der Waals surface area contributed by atoms with Crippen molar-refractivity contribution in [3.63, 3.8) is 0 Å². The molecule has 0 radical (unpaired) electrons. The number of rotatable bonds is 9. The quantitative estimate of drug-likeness (QED) is 0.587. The number of nitrogens with two attached hydrogens (primary N) is 1. The van der Waals surface area contributed by atoms with Gasteiger partial charge in [0.1, 0.15) is 0 Å². The van der Waals surface area contributed by atoms with Crippen molar-refractivity contribution >= 4 is 43.1 Å². The van der Waals surface area contributed by atoms with Crippen LogP contribution in [0.3, 0.4) is 0 Å². The smallest absolute Gasteiger partial charge is 0.236 e. The van der Waals surface area contributed by atoms with Crippen LogP contribution in [0.15, 0.2) is 0 Å². The summed E-state index contributed by atoms with van der Waals surface area (Å²) in [6, 6.07) is -0.331. The molecule has 0 bridgehead atoms. The molecule has 0 aromatic rings. The van der Waals surface area contributed by atoms with Crippen LogP contribution in [0.2, 0.25) is 0 Å². The van der Waals surface area contributed by atoms with Crippen LogP contribution in [0.4, 0.5) is 0 Å². The van der Waals surface area contributed by atoms with Crippen LogP contribution >= 0.6 is 37.2 Å². The monoisotopic (exact) mass is 392 g/mol. The summed E-state index contributed by atoms with van der Waals surface area (Å²) in [6.07, 6.45) is 3.92. The van der Waals surface area contributed by atoms with Crippen LogP contribution in [0, 0.1) is 0 Å². The molecule has 1 aliphatic heterocycles. The van der Waals surface area contributed by atoms with E-state index in [1.807, 2.05) is 6.92 Å². The lowest BCUT2D eigenvalue weighted by Gasteiger charge is -2.33. The van der Waals surface area contributed by atoms with Gasteiger partial charge >= 0.3 is 0 Å². The molecular weight excluding hydrogens is 359 g/mol. The highest BCUT2D eigenvalue weighted by Gasteiger charge is 2.15. The van der Waals surface area contributed by atoms with Gasteiger partial charge in [-0.1, -0.05) is 20.3 Å². The molecule has 1 amide bonds. The van der Waals surface area contributed by atoms with Gasteiger partial charge in [-0.2, -0.15) is 0 Å². The highest BCUT2D eigenvalue weighted by molar-refractivity contribution is 5.86. The van der Waals surface area contributed by atoms with E-state index >= 15 is 0 Å². The first kappa shape index (κ1) is 28.0. The first-order chi connectivity index (χ1) is 9.67. The molecule has 3 N–H and O–H groups in total. The number of piperazine rings is 1. The third-order valence-electron chi connectivity index (χ3n) is 4.05. The minimum absolute atomic E-state index is 0. The van der Waals surface area contributed by atoms with Gasteiger partial charge in [0.25, 0.3) is 0 Å². The van der Waals surface area contributed by atoms with Gasteiger partial charge in [-0.05, 0) is 32.4 Å². The van der Waals surface area contributed by atoms with E-state index in [9.17, 15) is 4.79 Å². The van der Waals surface area contributed by atoms with Gasteiger partial charge in [0.15, 0.2) is 0 Å². The second-order valence-corrected chi connectivity index (χ2v) is 5.67. The highest BCUT2D eigenvalue weighted by Crippen LogP contribution is 2.03. The Morgan fingerprint density at radius 3 is 2.13 bits per heavy atom. The molecule has 1 atom stereocenters. The van der Waals surface area contributed by atoms with Gasteiger partial charge in [0.2, 0.25) is 5.91 Å². The predicted octanol–water partition coefficient (Wildman–Crippen LogP) is 1.91. The van der Waals surface area contributed by atoms with Crippen LogP contribution < -0.4 is 11.1 Å². The molecule has 1 heterocycles. The Kier molecular flexibility index (Phi) is 20.8. The average Bonchev–Trinajstić information content (AvgIpc) is 2.47. The number of carbonyl (C=O) groups is 1. The number of unbranched alkanes of at least 4 members (excludes halogenated alkanes) is 1. The number of amides is 1. The zero-order valence-corrected chi connectivity index (χ0v) is 16.9. The molecule has 0 aromatic carbocycles. The van der Waals surface area contributed by atoms with Crippen molar-refractivity contribution in [2.24, 2.45) is 5.73 Å². The van der Waals surface area contributed by atoms with E-state index in [0.29, 0.717) is 0 Å². The van der Waals surface area contributed by atoms with E-state index in [1.54, 1.807) is 0 Å². The summed E-state index contributed by atoms with van der Waals surface area (Å²) >= 11 is 0. The predicted molar refractivity (Wildman–Crippen MR) is 105 cm³/mol. The lowest BCUT2D eigenvalue weighted by molar-refractivity contribution is -0.122. The Morgan fingerprint density at radius 2 is 1.61 bits per heavy atom. The van der Waals surface area contributed by atoms with Crippen molar-refractivity contribution in [2.45, 2.75) is 45.6 Å². The van der Waals surface area contributed by atoms with Crippen molar-refractivity contribution in [3.8, 4) is 0 Å². The Bertz CT molecular complexity index is 277. The van der Waals surface area contributed by atoms with Crippen molar-refractivity contribution in [3.05, 3.63) is 0 Å². The number of nitrogens with zero attached hydrogens (tertiary/aromatic N) is 2. The second-order valence-electron chi connectivity index (χ2n) is 5.67. The van der Waals surface area contributed by atoms with E-state index in [1.165, 1.54) is 26.2 Å². The largest absolute Gasteiger partial charge is 0.355 e. The number of nitrogens with one attached hydrogen (secondary N) is 1. The molecule has 142 valence electrons. The maximum absolute atomic E-state index is 11.6. The summed E-state index contributed by atoms with van der Waals surface area (Å²) in [5, 5.41) is 2.93. The summed E-state index contributed by atoms with van der Waals surface area (Å²) < 4.78 is 0. The fourth-order valence-electron chi connectivity index (χ4n) is 2.57. The van der Waals surface area contributed by atoms with Crippen LogP contribution in [0.5, 0.6) is 0 Å². The summed E-state index contributed by atoms with van der Waals surface area (Å²) in [6.45, 7) is 12.1. The van der Waals surface area contributed by atoms with Crippen molar-refractivity contribution in [1.29, 1.82) is 0 Å². The summed E-state index contributed by atoms with van der Waals surface area (Å²) in [5.74, 6) is 0.00316. The molecule has 0 aromatic heterocycles. The molecule has 8 heteroatoms. The zero-order chi connectivity index (χ0) is 14.8. The topological polar surface area (TPSA) is 61.6 Å². The molecule has 1 fully saturated rings. The molecule has 1 aliphatic rings. The van der Waals surface area contributed by atoms with Crippen LogP contribution in [-0.4, -0.2) is 67.6 Å². The van der Waals surface area contributed by atoms with Gasteiger partial charge in [0, 0.05) is 32.7 Å². The number of likely N-dealkylation sites (N-methyl/N-ethyl adjacent to an activating group) is 1. The molecule has 23 heavy (non-hydrogen) atoms. The Labute approximate surface area is 160 Å². The van der Waals surface area contributed by atoms with Gasteiger partial charge < -0.3 is 20.9 Å². The Morgan fingerprint density at radius 1 is 1.04 bits per heavy atom. The minimum Gasteiger partial charge on any atom is -0.355 e. The molecule has 0 spiro atoms. The van der Waals surface area contributed by atoms with Crippen molar-refractivity contribution in [1.82, 2.24) is 15.1 Å². The van der Waals surface area contributed by atoms with Crippen molar-refractivity contribution < 1.29 is 4.79 Å². The molecule has 0 saturated carbocycles. The molecule has 0 aliphatic carbocycles. The van der Waals surface area contributed by atoms with Gasteiger partial charge in [-0.15, -0.1) is 37.2 Å². The minimum atomic E-state index is -0.331. The normalized spacial score (nSPS) is 16.5. The van der Waals surface area contributed by atoms with E-state index in [2.05, 4.69) is 22.0 Å². The van der Waals surface area contributed by atoms with E-state index in [4.69, 9.17) is 5.73 Å². The van der Waals surface area contributed by atoms with E-state index in [-0.39, 0.29) is 49.2 Å². The first-order valence-electron chi connectivity index (χ1n) is 8.15. The summed E-state index contributed by atoms with van der Waals surface area (Å²) in [4.78, 5) is 16.6. The number of hydrogen-bond donors (Lipinski definition) is 2. The first-order valence-corrected chi connectivity index (χ1v) is 8.15. The third-order valence-corrected chi connectivity index (χ3v) is 4.05. The highest BCUT2D eigenvalue weighted by atomic mass is 35.5. The summed E-state index contributed by atoms with van der Waals surface area (Å²) in [5.41, 5.74) is 5.76. The van der Waals surface area contributed by atoms with E-state index in [0.717, 1.165) is 45.3 Å². The SMILES string of the molecule is CCCC(N)C(=O)NCCCCN1CCN(CC)CC1.Cl.Cl.Cl. The third kappa shape index (κ3) is 12.3. The molecule has 1 rings (SSSR count). The van der Waals surface area contributed by atoms with Gasteiger partial charge in [0.05, 0.1) is 6.04 Å². The number of halogens is 3. The van der Waals surface area contributed by atoms with Crippen molar-refractivity contribution in [2.75, 3.05) is 45.8 Å². The standard InChI is InChI=1S/C15H32N4O.3ClH/c1-3-7-14(16)15(20)17-8-5-6-9-19-12-10-18(4-2)11-13-19;;;/h14H,3-13,16H2,1-2H3,(H,17,20);3*1H. The molecule has 1 unspecified atom stereocenters. The van der Waals surface area contributed by atoms with Gasteiger partial charge in [-0.3, -0.25) is 4.79 Å². The van der Waals surface area contributed by atoms with E-state index < -0.39 is 0 Å². The summed E-state index contributed by atoms with van der Waals surface area (Å²) in [7, 11) is 0. The zero-order valence-electron chi connectivity index (χ0n) is 14.5. The van der Waals surface area contributed by atoms with Crippen LogP contribution in [-0.2, 0) is 4.79 Å². The molecule has 5 nitrogen and oxygen atoms in total. The number of carbonyl (C=O) groups excluding carboxylic acids is 1. The van der Waals surface area contributed by atoms with Crippen LogP contribution in [0.25, 0.3) is 0 Å². The Balaban J connectivity index is -0.00000133. The fourth-order valence-corrected chi connectivity index (χ4v) is 2.57. The second kappa shape index (κ2) is 17.1. The van der Waals surface area contributed by atoms with Crippen LogP contribution in [0.1, 0.15) is 39.5 Å². The maximum Gasteiger partial charge on any atom is 0.236 e. The maximum atomic E-state index is 11.6. The molecular formula is C15H35Cl3N4O. The Hall–Kier alpha value is 0.220. The average molecular weight is 394 g/mol. The molecule has 1 saturated heterocycles.